The van der Waals surface area contributed by atoms with Crippen LogP contribution in [-0.4, -0.2) is 43.1 Å². The van der Waals surface area contributed by atoms with Crippen molar-refractivity contribution in [2.45, 2.75) is 23.7 Å². The fourth-order valence-electron chi connectivity index (χ4n) is 3.45. The number of nitrogens with zero attached hydrogens (tertiary/aromatic N) is 3. The first-order valence-electron chi connectivity index (χ1n) is 9.32. The highest BCUT2D eigenvalue weighted by molar-refractivity contribution is 7.89. The third-order valence-electron chi connectivity index (χ3n) is 5.11. The molecule has 0 unspecified atom stereocenters. The number of methoxy groups -OCH3 is 1. The molecular weight excluding hydrogens is 416 g/mol. The minimum Gasteiger partial charge on any atom is -0.497 e. The molecule has 7 nitrogen and oxygen atoms in total. The zero-order valence-corrected chi connectivity index (χ0v) is 16.9. The molecule has 0 aliphatic carbocycles. The first-order chi connectivity index (χ1) is 14.4. The Labute approximate surface area is 172 Å². The van der Waals surface area contributed by atoms with Gasteiger partial charge in [-0.2, -0.15) is 9.29 Å². The largest absolute Gasteiger partial charge is 0.497 e. The van der Waals surface area contributed by atoms with Crippen molar-refractivity contribution in [1.82, 2.24) is 14.4 Å². The quantitative estimate of drug-likeness (QED) is 0.609. The van der Waals surface area contributed by atoms with Crippen molar-refractivity contribution in [3.05, 3.63) is 59.9 Å². The number of ether oxygens (including phenoxy) is 1. The van der Waals surface area contributed by atoms with E-state index in [4.69, 9.17) is 9.26 Å². The van der Waals surface area contributed by atoms with Crippen LogP contribution in [0.2, 0.25) is 0 Å². The molecule has 1 aliphatic rings. The van der Waals surface area contributed by atoms with E-state index in [1.807, 2.05) is 12.1 Å². The summed E-state index contributed by atoms with van der Waals surface area (Å²) in [5.41, 5.74) is 0.717. The zero-order chi connectivity index (χ0) is 21.3. The molecule has 2 aromatic carbocycles. The first-order valence-corrected chi connectivity index (χ1v) is 10.8. The number of piperidine rings is 1. The van der Waals surface area contributed by atoms with E-state index in [1.54, 1.807) is 19.2 Å². The van der Waals surface area contributed by atoms with E-state index in [0.717, 1.165) is 22.0 Å². The first kappa shape index (κ1) is 20.4. The van der Waals surface area contributed by atoms with Crippen LogP contribution < -0.4 is 4.74 Å². The third kappa shape index (κ3) is 3.80. The molecule has 0 radical (unpaired) electrons. The molecule has 4 rings (SSSR count). The molecule has 0 atom stereocenters. The topological polar surface area (TPSA) is 85.5 Å². The number of sulfonamides is 1. The second-order valence-electron chi connectivity index (χ2n) is 6.92. The summed E-state index contributed by atoms with van der Waals surface area (Å²) in [6.45, 7) is 0.290. The van der Waals surface area contributed by atoms with E-state index >= 15 is 0 Å². The summed E-state index contributed by atoms with van der Waals surface area (Å²) in [5, 5.41) is 4.04. The number of benzene rings is 2. The minimum absolute atomic E-state index is 0.100. The van der Waals surface area contributed by atoms with E-state index in [0.29, 0.717) is 30.3 Å². The Kier molecular flexibility index (Phi) is 5.52. The molecule has 30 heavy (non-hydrogen) atoms. The van der Waals surface area contributed by atoms with Gasteiger partial charge in [-0.05, 0) is 43.2 Å². The smallest absolute Gasteiger partial charge is 0.258 e. The zero-order valence-electron chi connectivity index (χ0n) is 16.1. The lowest BCUT2D eigenvalue weighted by Crippen LogP contribution is -2.38. The number of halogens is 2. The van der Waals surface area contributed by atoms with Crippen LogP contribution in [0.3, 0.4) is 0 Å². The van der Waals surface area contributed by atoms with Crippen molar-refractivity contribution in [3.63, 3.8) is 0 Å². The molecule has 0 amide bonds. The third-order valence-corrected chi connectivity index (χ3v) is 7.03. The standard InChI is InChI=1S/C20H19F2N3O4S/c1-28-15-5-2-4-14(12-15)20-23-19(24-29-20)13-8-10-25(11-9-13)30(26,27)17-7-3-6-16(21)18(17)22/h2-7,12-13H,8-11H2,1H3. The Morgan fingerprint density at radius 3 is 2.60 bits per heavy atom. The van der Waals surface area contributed by atoms with Crippen LogP contribution in [0.5, 0.6) is 5.75 Å². The maximum absolute atomic E-state index is 14.0. The summed E-state index contributed by atoms with van der Waals surface area (Å²) in [7, 11) is -2.56. The molecule has 2 heterocycles. The van der Waals surface area contributed by atoms with Gasteiger partial charge in [0.15, 0.2) is 17.5 Å². The predicted octanol–water partition coefficient (Wildman–Crippen LogP) is 3.59. The van der Waals surface area contributed by atoms with Crippen molar-refractivity contribution in [1.29, 1.82) is 0 Å². The van der Waals surface area contributed by atoms with Crippen molar-refractivity contribution in [3.8, 4) is 17.2 Å². The number of aromatic nitrogens is 2. The maximum atomic E-state index is 14.0. The Balaban J connectivity index is 1.47. The molecule has 1 aliphatic heterocycles. The Bertz CT molecular complexity index is 1160. The van der Waals surface area contributed by atoms with Crippen molar-refractivity contribution >= 4 is 10.0 Å². The lowest BCUT2D eigenvalue weighted by atomic mass is 9.97. The Hall–Kier alpha value is -2.85. The van der Waals surface area contributed by atoms with Gasteiger partial charge in [-0.3, -0.25) is 0 Å². The van der Waals surface area contributed by atoms with Crippen LogP contribution in [-0.2, 0) is 10.0 Å². The summed E-state index contributed by atoms with van der Waals surface area (Å²) < 4.78 is 64.6. The molecule has 0 saturated carbocycles. The van der Waals surface area contributed by atoms with Gasteiger partial charge in [0, 0.05) is 24.6 Å². The highest BCUT2D eigenvalue weighted by Gasteiger charge is 2.34. The van der Waals surface area contributed by atoms with E-state index < -0.39 is 26.6 Å². The van der Waals surface area contributed by atoms with Crippen molar-refractivity contribution in [2.75, 3.05) is 20.2 Å². The van der Waals surface area contributed by atoms with Crippen LogP contribution >= 0.6 is 0 Å². The fraction of sp³-hybridized carbons (Fsp3) is 0.300. The Morgan fingerprint density at radius 2 is 1.87 bits per heavy atom. The highest BCUT2D eigenvalue weighted by Crippen LogP contribution is 2.32. The van der Waals surface area contributed by atoms with E-state index in [2.05, 4.69) is 10.1 Å². The maximum Gasteiger partial charge on any atom is 0.258 e. The average molecular weight is 435 g/mol. The summed E-state index contributed by atoms with van der Waals surface area (Å²) >= 11 is 0. The van der Waals surface area contributed by atoms with Gasteiger partial charge in [-0.25, -0.2) is 17.2 Å². The van der Waals surface area contributed by atoms with Gasteiger partial charge >= 0.3 is 0 Å². The van der Waals surface area contributed by atoms with E-state index in [-0.39, 0.29) is 19.0 Å². The van der Waals surface area contributed by atoms with Crippen molar-refractivity contribution in [2.24, 2.45) is 0 Å². The highest BCUT2D eigenvalue weighted by atomic mass is 32.2. The minimum atomic E-state index is -4.13. The molecule has 10 heteroatoms. The van der Waals surface area contributed by atoms with Gasteiger partial charge < -0.3 is 9.26 Å². The van der Waals surface area contributed by atoms with E-state index in [1.165, 1.54) is 6.07 Å². The van der Waals surface area contributed by atoms with Crippen LogP contribution in [0.15, 0.2) is 51.9 Å². The molecule has 1 fully saturated rings. The molecule has 158 valence electrons. The van der Waals surface area contributed by atoms with Gasteiger partial charge in [0.05, 0.1) is 7.11 Å². The summed E-state index contributed by atoms with van der Waals surface area (Å²) in [5.74, 6) is -1.15. The van der Waals surface area contributed by atoms with Gasteiger partial charge in [0.2, 0.25) is 10.0 Å². The van der Waals surface area contributed by atoms with Crippen LogP contribution in [0.1, 0.15) is 24.6 Å². The van der Waals surface area contributed by atoms with Gasteiger partial charge in [0.25, 0.3) is 5.89 Å². The number of rotatable bonds is 5. The SMILES string of the molecule is COc1cccc(-c2nc(C3CCN(S(=O)(=O)c4cccc(F)c4F)CC3)no2)c1. The van der Waals surface area contributed by atoms with Gasteiger partial charge in [0.1, 0.15) is 10.6 Å². The molecule has 3 aromatic rings. The lowest BCUT2D eigenvalue weighted by molar-refractivity contribution is 0.305. The average Bonchev–Trinajstić information content (AvgIpc) is 3.26. The molecular formula is C20H19F2N3O4S. The second kappa shape index (κ2) is 8.11. The Morgan fingerprint density at radius 1 is 1.13 bits per heavy atom. The monoisotopic (exact) mass is 435 g/mol. The summed E-state index contributed by atoms with van der Waals surface area (Å²) in [4.78, 5) is 3.79. The summed E-state index contributed by atoms with van der Waals surface area (Å²) in [6, 6.07) is 10.3. The normalized spacial score (nSPS) is 16.0. The fourth-order valence-corrected chi connectivity index (χ4v) is 4.99. The second-order valence-corrected chi connectivity index (χ2v) is 8.83. The molecule has 0 N–H and O–H groups in total. The molecule has 1 saturated heterocycles. The molecule has 1 aromatic heterocycles. The van der Waals surface area contributed by atoms with Crippen LogP contribution in [0.4, 0.5) is 8.78 Å². The number of hydrogen-bond acceptors (Lipinski definition) is 6. The molecule has 0 spiro atoms. The number of hydrogen-bond donors (Lipinski definition) is 0. The van der Waals surface area contributed by atoms with Gasteiger partial charge in [-0.15, -0.1) is 0 Å². The van der Waals surface area contributed by atoms with Crippen LogP contribution in [0, 0.1) is 11.6 Å². The lowest BCUT2D eigenvalue weighted by Gasteiger charge is -2.29. The summed E-state index contributed by atoms with van der Waals surface area (Å²) in [6.07, 6.45) is 0.875. The van der Waals surface area contributed by atoms with E-state index in [9.17, 15) is 17.2 Å². The van der Waals surface area contributed by atoms with Crippen molar-refractivity contribution < 1.29 is 26.5 Å². The van der Waals surface area contributed by atoms with Crippen LogP contribution in [0.25, 0.3) is 11.5 Å². The predicted molar refractivity (Wildman–Crippen MR) is 103 cm³/mol. The molecule has 0 bridgehead atoms. The van der Waals surface area contributed by atoms with Gasteiger partial charge in [-0.1, -0.05) is 17.3 Å².